The van der Waals surface area contributed by atoms with Crippen LogP contribution >= 0.6 is 0 Å². The van der Waals surface area contributed by atoms with E-state index in [1.54, 1.807) is 30.6 Å². The average Bonchev–Trinajstić information content (AvgIpc) is 2.59. The van der Waals surface area contributed by atoms with Crippen LogP contribution < -0.4 is 21.7 Å². The molecule has 120 valence electrons. The predicted molar refractivity (Wildman–Crippen MR) is 92.2 cm³/mol. The van der Waals surface area contributed by atoms with E-state index in [4.69, 9.17) is 11.5 Å². The van der Waals surface area contributed by atoms with Crippen LogP contribution in [0.3, 0.4) is 0 Å². The average molecular weight is 311 g/mol. The van der Waals surface area contributed by atoms with Gasteiger partial charge in [0.25, 0.3) is 5.91 Å². The van der Waals surface area contributed by atoms with Crippen molar-refractivity contribution in [1.82, 2.24) is 10.3 Å². The molecule has 3 rings (SSSR count). The lowest BCUT2D eigenvalue weighted by Crippen LogP contribution is -2.44. The van der Waals surface area contributed by atoms with Crippen LogP contribution in [-0.4, -0.2) is 30.0 Å². The van der Waals surface area contributed by atoms with Crippen molar-refractivity contribution >= 4 is 23.0 Å². The van der Waals surface area contributed by atoms with E-state index in [1.807, 2.05) is 12.1 Å². The van der Waals surface area contributed by atoms with Crippen LogP contribution in [0.4, 0.5) is 17.1 Å². The molecule has 2 aromatic rings. The Morgan fingerprint density at radius 2 is 1.83 bits per heavy atom. The molecule has 6 heteroatoms. The van der Waals surface area contributed by atoms with Crippen molar-refractivity contribution in [2.45, 2.75) is 18.9 Å². The molecule has 0 spiro atoms. The minimum atomic E-state index is -0.155. The van der Waals surface area contributed by atoms with E-state index in [2.05, 4.69) is 15.2 Å². The van der Waals surface area contributed by atoms with Crippen molar-refractivity contribution in [1.29, 1.82) is 0 Å². The van der Waals surface area contributed by atoms with E-state index < -0.39 is 0 Å². The number of nitrogens with one attached hydrogen (secondary N) is 1. The Morgan fingerprint density at radius 1 is 1.13 bits per heavy atom. The van der Waals surface area contributed by atoms with Gasteiger partial charge in [0.1, 0.15) is 0 Å². The summed E-state index contributed by atoms with van der Waals surface area (Å²) in [6.45, 7) is 1.81. The normalized spacial score (nSPS) is 15.4. The molecule has 1 aliphatic heterocycles. The van der Waals surface area contributed by atoms with Gasteiger partial charge in [-0.15, -0.1) is 0 Å². The maximum Gasteiger partial charge on any atom is 0.253 e. The highest BCUT2D eigenvalue weighted by Crippen LogP contribution is 2.21. The summed E-state index contributed by atoms with van der Waals surface area (Å²) in [5.74, 6) is -0.155. The lowest BCUT2D eigenvalue weighted by Gasteiger charge is -2.34. The largest absolute Gasteiger partial charge is 0.397 e. The molecule has 1 amide bonds. The molecule has 2 heterocycles. The minimum Gasteiger partial charge on any atom is -0.397 e. The molecule has 0 aliphatic carbocycles. The fourth-order valence-electron chi connectivity index (χ4n) is 2.88. The molecule has 1 fully saturated rings. The van der Waals surface area contributed by atoms with Crippen LogP contribution in [0.2, 0.25) is 0 Å². The van der Waals surface area contributed by atoms with E-state index in [1.165, 1.54) is 5.69 Å². The number of piperidine rings is 1. The Bertz CT molecular complexity index is 681. The number of pyridine rings is 1. The predicted octanol–water partition coefficient (Wildman–Crippen LogP) is 1.64. The van der Waals surface area contributed by atoms with Gasteiger partial charge in [0.2, 0.25) is 0 Å². The van der Waals surface area contributed by atoms with Crippen LogP contribution in [0.25, 0.3) is 0 Å². The molecule has 1 aromatic carbocycles. The lowest BCUT2D eigenvalue weighted by atomic mass is 10.0. The number of nitrogen functional groups attached to an aromatic ring is 2. The Kier molecular flexibility index (Phi) is 4.32. The highest BCUT2D eigenvalue weighted by atomic mass is 16.1. The summed E-state index contributed by atoms with van der Waals surface area (Å²) >= 11 is 0. The van der Waals surface area contributed by atoms with Gasteiger partial charge in [-0.1, -0.05) is 6.07 Å². The molecule has 6 nitrogen and oxygen atoms in total. The summed E-state index contributed by atoms with van der Waals surface area (Å²) < 4.78 is 0. The maximum absolute atomic E-state index is 12.4. The smallest absolute Gasteiger partial charge is 0.253 e. The van der Waals surface area contributed by atoms with Gasteiger partial charge in [-0.3, -0.25) is 9.78 Å². The van der Waals surface area contributed by atoms with Crippen LogP contribution in [0.1, 0.15) is 23.2 Å². The fourth-order valence-corrected chi connectivity index (χ4v) is 2.88. The van der Waals surface area contributed by atoms with Crippen molar-refractivity contribution in [3.05, 3.63) is 48.3 Å². The number of para-hydroxylation sites is 1. The molecular weight excluding hydrogens is 290 g/mol. The van der Waals surface area contributed by atoms with E-state index in [0.29, 0.717) is 16.9 Å². The fraction of sp³-hybridized carbons (Fsp3) is 0.294. The van der Waals surface area contributed by atoms with E-state index >= 15 is 0 Å². The first-order valence-electron chi connectivity index (χ1n) is 7.75. The van der Waals surface area contributed by atoms with Crippen LogP contribution in [-0.2, 0) is 0 Å². The summed E-state index contributed by atoms with van der Waals surface area (Å²) in [7, 11) is 0. The summed E-state index contributed by atoms with van der Waals surface area (Å²) in [6, 6.07) is 9.30. The number of anilines is 3. The first-order valence-corrected chi connectivity index (χ1v) is 7.75. The van der Waals surface area contributed by atoms with Gasteiger partial charge in [0.05, 0.1) is 16.9 Å². The quantitative estimate of drug-likeness (QED) is 0.749. The summed E-state index contributed by atoms with van der Waals surface area (Å²) in [5, 5.41) is 3.06. The summed E-state index contributed by atoms with van der Waals surface area (Å²) in [4.78, 5) is 18.7. The van der Waals surface area contributed by atoms with Crippen molar-refractivity contribution in [3.63, 3.8) is 0 Å². The number of carbonyl (C=O) groups excluding carboxylic acids is 1. The zero-order valence-corrected chi connectivity index (χ0v) is 12.9. The van der Waals surface area contributed by atoms with Crippen LogP contribution in [0.15, 0.2) is 42.7 Å². The van der Waals surface area contributed by atoms with Crippen LogP contribution in [0.5, 0.6) is 0 Å². The van der Waals surface area contributed by atoms with E-state index in [9.17, 15) is 4.79 Å². The second-order valence-corrected chi connectivity index (χ2v) is 5.75. The number of hydrogen-bond acceptors (Lipinski definition) is 5. The number of aromatic nitrogens is 1. The van der Waals surface area contributed by atoms with Gasteiger partial charge >= 0.3 is 0 Å². The summed E-state index contributed by atoms with van der Waals surface area (Å²) in [5.41, 5.74) is 14.0. The standard InChI is InChI=1S/C17H21N5O/c18-15-3-1-2-14(16(15)19)17(23)21-12-6-10-22(11-7-12)13-4-8-20-9-5-13/h1-5,8-9,12H,6-7,10-11,18-19H2,(H,21,23). The maximum atomic E-state index is 12.4. The highest BCUT2D eigenvalue weighted by molar-refractivity contribution is 6.01. The zero-order chi connectivity index (χ0) is 16.2. The monoisotopic (exact) mass is 311 g/mol. The van der Waals surface area contributed by atoms with Crippen LogP contribution in [0, 0.1) is 0 Å². The molecule has 0 saturated carbocycles. The van der Waals surface area contributed by atoms with E-state index in [-0.39, 0.29) is 11.9 Å². The first-order chi connectivity index (χ1) is 11.1. The molecule has 1 aromatic heterocycles. The molecule has 0 bridgehead atoms. The molecule has 5 N–H and O–H groups in total. The van der Waals surface area contributed by atoms with Gasteiger partial charge in [-0.05, 0) is 37.1 Å². The first kappa shape index (κ1) is 15.1. The third-order valence-electron chi connectivity index (χ3n) is 4.24. The lowest BCUT2D eigenvalue weighted by molar-refractivity contribution is 0.0932. The molecule has 23 heavy (non-hydrogen) atoms. The molecule has 0 atom stereocenters. The number of nitrogens with two attached hydrogens (primary N) is 2. The van der Waals surface area contributed by atoms with E-state index in [0.717, 1.165) is 25.9 Å². The van der Waals surface area contributed by atoms with Gasteiger partial charge in [-0.25, -0.2) is 0 Å². The van der Waals surface area contributed by atoms with Crippen molar-refractivity contribution in [3.8, 4) is 0 Å². The molecule has 1 saturated heterocycles. The van der Waals surface area contributed by atoms with Crippen molar-refractivity contribution < 1.29 is 4.79 Å². The van der Waals surface area contributed by atoms with Gasteiger partial charge < -0.3 is 21.7 Å². The Morgan fingerprint density at radius 3 is 2.52 bits per heavy atom. The zero-order valence-electron chi connectivity index (χ0n) is 12.9. The Balaban J connectivity index is 1.58. The molecular formula is C17H21N5O. The Hall–Kier alpha value is -2.76. The number of carbonyl (C=O) groups is 1. The van der Waals surface area contributed by atoms with Gasteiger partial charge in [0.15, 0.2) is 0 Å². The highest BCUT2D eigenvalue weighted by Gasteiger charge is 2.22. The number of nitrogens with zero attached hydrogens (tertiary/aromatic N) is 2. The topological polar surface area (TPSA) is 97.3 Å². The second-order valence-electron chi connectivity index (χ2n) is 5.75. The molecule has 1 aliphatic rings. The van der Waals surface area contributed by atoms with Crippen molar-refractivity contribution in [2.75, 3.05) is 29.5 Å². The third-order valence-corrected chi connectivity index (χ3v) is 4.24. The number of hydrogen-bond donors (Lipinski definition) is 3. The van der Waals surface area contributed by atoms with Crippen molar-refractivity contribution in [2.24, 2.45) is 0 Å². The van der Waals surface area contributed by atoms with Gasteiger partial charge in [0, 0.05) is 37.2 Å². The number of amides is 1. The minimum absolute atomic E-state index is 0.154. The van der Waals surface area contributed by atoms with Gasteiger partial charge in [-0.2, -0.15) is 0 Å². The third kappa shape index (κ3) is 3.36. The second kappa shape index (κ2) is 6.56. The summed E-state index contributed by atoms with van der Waals surface area (Å²) in [6.07, 6.45) is 5.39. The molecule has 0 radical (unpaired) electrons. The number of benzene rings is 1. The molecule has 0 unspecified atom stereocenters. The SMILES string of the molecule is Nc1cccc(C(=O)NC2CCN(c3ccncc3)CC2)c1N. The number of rotatable bonds is 3. The Labute approximate surface area is 135 Å².